The Hall–Kier alpha value is -1.83. The van der Waals surface area contributed by atoms with Crippen molar-refractivity contribution in [2.24, 2.45) is 4.99 Å². The summed E-state index contributed by atoms with van der Waals surface area (Å²) >= 11 is 0. The molecule has 0 fully saturated rings. The highest BCUT2D eigenvalue weighted by Gasteiger charge is 2.01. The number of pyridine rings is 1. The predicted octanol–water partition coefficient (Wildman–Crippen LogP) is 3.74. The summed E-state index contributed by atoms with van der Waals surface area (Å²) in [5.41, 5.74) is 2.06. The van der Waals surface area contributed by atoms with E-state index in [1.807, 2.05) is 42.5 Å². The molecule has 0 radical (unpaired) electrons. The summed E-state index contributed by atoms with van der Waals surface area (Å²) < 4.78 is 5.74. The van der Waals surface area contributed by atoms with E-state index in [4.69, 9.17) is 4.74 Å². The Labute approximate surface area is 167 Å². The molecule has 25 heavy (non-hydrogen) atoms. The minimum Gasteiger partial charge on any atom is -0.487 e. The second-order valence-corrected chi connectivity index (χ2v) is 5.75. The van der Waals surface area contributed by atoms with Gasteiger partial charge < -0.3 is 15.4 Å². The van der Waals surface area contributed by atoms with Crippen LogP contribution in [0.2, 0.25) is 0 Å². The van der Waals surface area contributed by atoms with Crippen molar-refractivity contribution < 1.29 is 4.74 Å². The first-order chi connectivity index (χ1) is 11.7. The Morgan fingerprint density at radius 1 is 1.16 bits per heavy atom. The maximum atomic E-state index is 5.74. The van der Waals surface area contributed by atoms with Crippen LogP contribution in [0.4, 0.5) is 0 Å². The first-order valence-electron chi connectivity index (χ1n) is 8.34. The molecule has 5 nitrogen and oxygen atoms in total. The number of nitrogens with one attached hydrogen (secondary N) is 2. The van der Waals surface area contributed by atoms with Crippen LogP contribution in [0.3, 0.4) is 0 Å². The Morgan fingerprint density at radius 2 is 1.92 bits per heavy atom. The molecule has 1 aromatic carbocycles. The van der Waals surface area contributed by atoms with Crippen LogP contribution in [0, 0.1) is 0 Å². The fourth-order valence-electron chi connectivity index (χ4n) is 2.10. The van der Waals surface area contributed by atoms with Crippen LogP contribution in [-0.4, -0.2) is 23.5 Å². The van der Waals surface area contributed by atoms with E-state index >= 15 is 0 Å². The van der Waals surface area contributed by atoms with E-state index in [1.54, 1.807) is 6.20 Å². The fraction of sp³-hybridized carbons (Fsp3) is 0.368. The number of hydrogen-bond acceptors (Lipinski definition) is 3. The number of rotatable bonds is 7. The number of halogens is 1. The molecule has 0 amide bonds. The van der Waals surface area contributed by atoms with Crippen molar-refractivity contribution >= 4 is 29.9 Å². The van der Waals surface area contributed by atoms with Gasteiger partial charge in [0.25, 0.3) is 0 Å². The van der Waals surface area contributed by atoms with Gasteiger partial charge in [0.15, 0.2) is 5.96 Å². The third-order valence-corrected chi connectivity index (χ3v) is 3.23. The topological polar surface area (TPSA) is 58.5 Å². The van der Waals surface area contributed by atoms with Gasteiger partial charge in [-0.1, -0.05) is 18.2 Å². The number of aromatic nitrogens is 1. The molecule has 0 aliphatic heterocycles. The second kappa shape index (κ2) is 11.7. The van der Waals surface area contributed by atoms with Crippen LogP contribution in [0.1, 0.15) is 32.0 Å². The minimum atomic E-state index is 0. The number of aliphatic imine (C=N–C) groups is 1. The zero-order valence-corrected chi connectivity index (χ0v) is 17.4. The van der Waals surface area contributed by atoms with Crippen LogP contribution < -0.4 is 15.4 Å². The van der Waals surface area contributed by atoms with E-state index in [0.29, 0.717) is 19.2 Å². The van der Waals surface area contributed by atoms with E-state index in [1.165, 1.54) is 0 Å². The normalized spacial score (nSPS) is 11.0. The molecular weight excluding hydrogens is 427 g/mol. The van der Waals surface area contributed by atoms with Gasteiger partial charge in [0, 0.05) is 18.8 Å². The zero-order valence-electron chi connectivity index (χ0n) is 15.0. The first-order valence-corrected chi connectivity index (χ1v) is 8.34. The van der Waals surface area contributed by atoms with Crippen LogP contribution in [0.15, 0.2) is 53.7 Å². The van der Waals surface area contributed by atoms with Crippen molar-refractivity contribution in [1.29, 1.82) is 0 Å². The number of hydrogen-bond donors (Lipinski definition) is 2. The maximum Gasteiger partial charge on any atom is 0.191 e. The lowest BCUT2D eigenvalue weighted by Crippen LogP contribution is -2.40. The van der Waals surface area contributed by atoms with Gasteiger partial charge in [0.2, 0.25) is 0 Å². The van der Waals surface area contributed by atoms with Gasteiger partial charge in [-0.3, -0.25) is 4.98 Å². The Balaban J connectivity index is 0.00000312. The fourth-order valence-corrected chi connectivity index (χ4v) is 2.10. The summed E-state index contributed by atoms with van der Waals surface area (Å²) in [5, 5.41) is 6.55. The Kier molecular flexibility index (Phi) is 9.91. The minimum absolute atomic E-state index is 0. The highest BCUT2D eigenvalue weighted by atomic mass is 127. The van der Waals surface area contributed by atoms with Gasteiger partial charge in [-0.05, 0) is 50.6 Å². The lowest BCUT2D eigenvalue weighted by atomic mass is 10.2. The van der Waals surface area contributed by atoms with E-state index in [9.17, 15) is 0 Å². The molecule has 0 bridgehead atoms. The molecule has 0 atom stereocenters. The third kappa shape index (κ3) is 8.20. The zero-order chi connectivity index (χ0) is 17.2. The second-order valence-electron chi connectivity index (χ2n) is 5.75. The lowest BCUT2D eigenvalue weighted by molar-refractivity contribution is 0.301. The molecule has 2 rings (SSSR count). The summed E-state index contributed by atoms with van der Waals surface area (Å²) in [6.07, 6.45) is 1.77. The first kappa shape index (κ1) is 21.2. The van der Waals surface area contributed by atoms with Crippen molar-refractivity contribution in [3.8, 4) is 5.75 Å². The SMILES string of the molecule is CCNC(=NCc1ccc(OCc2ccccn2)cc1)NC(C)C.I. The van der Waals surface area contributed by atoms with Crippen molar-refractivity contribution in [2.45, 2.75) is 40.0 Å². The molecule has 2 aromatic rings. The molecule has 6 heteroatoms. The Morgan fingerprint density at radius 3 is 2.52 bits per heavy atom. The van der Waals surface area contributed by atoms with Gasteiger partial charge in [-0.15, -0.1) is 24.0 Å². The maximum absolute atomic E-state index is 5.74. The number of nitrogens with zero attached hydrogens (tertiary/aromatic N) is 2. The molecule has 0 aliphatic carbocycles. The number of guanidine groups is 1. The summed E-state index contributed by atoms with van der Waals surface area (Å²) in [7, 11) is 0. The largest absolute Gasteiger partial charge is 0.487 e. The molecule has 0 spiro atoms. The van der Waals surface area contributed by atoms with Gasteiger partial charge >= 0.3 is 0 Å². The van der Waals surface area contributed by atoms with Crippen molar-refractivity contribution in [3.05, 3.63) is 59.9 Å². The summed E-state index contributed by atoms with van der Waals surface area (Å²) in [6.45, 7) is 8.20. The highest BCUT2D eigenvalue weighted by Crippen LogP contribution is 2.14. The van der Waals surface area contributed by atoms with Crippen molar-refractivity contribution in [3.63, 3.8) is 0 Å². The van der Waals surface area contributed by atoms with E-state index in [2.05, 4.69) is 41.4 Å². The summed E-state index contributed by atoms with van der Waals surface area (Å²) in [5.74, 6) is 1.67. The molecule has 1 aromatic heterocycles. The molecule has 0 aliphatic rings. The van der Waals surface area contributed by atoms with Crippen LogP contribution >= 0.6 is 24.0 Å². The van der Waals surface area contributed by atoms with Crippen molar-refractivity contribution in [2.75, 3.05) is 6.54 Å². The van der Waals surface area contributed by atoms with Crippen LogP contribution in [0.25, 0.3) is 0 Å². The Bertz CT molecular complexity index is 630. The molecular formula is C19H27IN4O. The number of benzene rings is 1. The summed E-state index contributed by atoms with van der Waals surface area (Å²) in [6, 6.07) is 14.2. The monoisotopic (exact) mass is 454 g/mol. The quantitative estimate of drug-likeness (QED) is 0.380. The predicted molar refractivity (Wildman–Crippen MR) is 114 cm³/mol. The van der Waals surface area contributed by atoms with Gasteiger partial charge in [-0.2, -0.15) is 0 Å². The molecule has 136 valence electrons. The lowest BCUT2D eigenvalue weighted by Gasteiger charge is -2.14. The number of ether oxygens (including phenoxy) is 1. The van der Waals surface area contributed by atoms with E-state index in [0.717, 1.165) is 29.5 Å². The van der Waals surface area contributed by atoms with Crippen LogP contribution in [-0.2, 0) is 13.2 Å². The molecule has 0 saturated carbocycles. The van der Waals surface area contributed by atoms with Gasteiger partial charge in [0.1, 0.15) is 12.4 Å². The summed E-state index contributed by atoms with van der Waals surface area (Å²) in [4.78, 5) is 8.84. The van der Waals surface area contributed by atoms with E-state index < -0.39 is 0 Å². The standard InChI is InChI=1S/C19H26N4O.HI/c1-4-20-19(23-15(2)3)22-13-16-8-10-18(11-9-16)24-14-17-7-5-6-12-21-17;/h5-12,15H,4,13-14H2,1-3H3,(H2,20,22,23);1H. The van der Waals surface area contributed by atoms with E-state index in [-0.39, 0.29) is 24.0 Å². The average molecular weight is 454 g/mol. The molecule has 0 unspecified atom stereocenters. The van der Waals surface area contributed by atoms with Crippen molar-refractivity contribution in [1.82, 2.24) is 15.6 Å². The van der Waals surface area contributed by atoms with Gasteiger partial charge in [-0.25, -0.2) is 4.99 Å². The smallest absolute Gasteiger partial charge is 0.191 e. The third-order valence-electron chi connectivity index (χ3n) is 3.23. The molecule has 0 saturated heterocycles. The van der Waals surface area contributed by atoms with Gasteiger partial charge in [0.05, 0.1) is 12.2 Å². The highest BCUT2D eigenvalue weighted by molar-refractivity contribution is 14.0. The molecule has 1 heterocycles. The average Bonchev–Trinajstić information content (AvgIpc) is 2.59. The van der Waals surface area contributed by atoms with Crippen LogP contribution in [0.5, 0.6) is 5.75 Å². The molecule has 2 N–H and O–H groups in total.